The molecule has 0 aliphatic heterocycles. The van der Waals surface area contributed by atoms with Gasteiger partial charge in [-0.3, -0.25) is 0 Å². The zero-order valence-electron chi connectivity index (χ0n) is 12.3. The van der Waals surface area contributed by atoms with Crippen LogP contribution in [0.3, 0.4) is 0 Å². The van der Waals surface area contributed by atoms with Crippen molar-refractivity contribution in [3.63, 3.8) is 0 Å². The molecule has 0 aliphatic rings. The van der Waals surface area contributed by atoms with Crippen LogP contribution in [0, 0.1) is 0 Å². The molecule has 0 aliphatic carbocycles. The Hall–Kier alpha value is -2.36. The number of pyridine rings is 1. The number of carboxylic acid groups (broad SMARTS) is 1. The molecule has 1 heterocycles. The molecule has 1 aromatic carbocycles. The van der Waals surface area contributed by atoms with Gasteiger partial charge in [-0.25, -0.2) is 9.78 Å². The second-order valence-electron chi connectivity index (χ2n) is 5.73. The van der Waals surface area contributed by atoms with E-state index in [0.29, 0.717) is 5.82 Å². The Morgan fingerprint density at radius 3 is 2.48 bits per heavy atom. The molecule has 0 radical (unpaired) electrons. The van der Waals surface area contributed by atoms with Gasteiger partial charge in [0, 0.05) is 11.7 Å². The van der Waals surface area contributed by atoms with Gasteiger partial charge in [0.15, 0.2) is 0 Å². The maximum Gasteiger partial charge on any atom is 0.337 e. The number of carbonyl (C=O) groups is 1. The van der Waals surface area contributed by atoms with Gasteiger partial charge in [0.05, 0.1) is 5.56 Å². The Balaban J connectivity index is 1.95. The summed E-state index contributed by atoms with van der Waals surface area (Å²) in [6.07, 6.45) is 3.31. The minimum atomic E-state index is -0.961. The summed E-state index contributed by atoms with van der Waals surface area (Å²) in [5.41, 5.74) is 1.39. The Bertz CT molecular complexity index is 592. The van der Waals surface area contributed by atoms with Crippen LogP contribution >= 0.6 is 0 Å². The molecule has 0 atom stereocenters. The number of rotatable bonds is 6. The van der Waals surface area contributed by atoms with E-state index >= 15 is 0 Å². The van der Waals surface area contributed by atoms with E-state index in [1.165, 1.54) is 11.8 Å². The molecule has 0 spiro atoms. The first-order valence-electron chi connectivity index (χ1n) is 6.98. The average Bonchev–Trinajstić information content (AvgIpc) is 2.46. The smallest absolute Gasteiger partial charge is 0.337 e. The number of anilines is 1. The molecule has 2 rings (SSSR count). The first-order valence-corrected chi connectivity index (χ1v) is 6.98. The monoisotopic (exact) mass is 284 g/mol. The number of hydrogen-bond donors (Lipinski definition) is 2. The highest BCUT2D eigenvalue weighted by molar-refractivity contribution is 5.87. The molecule has 0 unspecified atom stereocenters. The highest BCUT2D eigenvalue weighted by Crippen LogP contribution is 2.19. The minimum Gasteiger partial charge on any atom is -0.478 e. The van der Waals surface area contributed by atoms with Gasteiger partial charge in [-0.2, -0.15) is 0 Å². The Kier molecular flexibility index (Phi) is 4.58. The van der Waals surface area contributed by atoms with Crippen molar-refractivity contribution in [2.24, 2.45) is 0 Å². The highest BCUT2D eigenvalue weighted by Gasteiger charge is 2.18. The van der Waals surface area contributed by atoms with Gasteiger partial charge in [-0.1, -0.05) is 30.3 Å². The second-order valence-corrected chi connectivity index (χ2v) is 5.73. The first-order chi connectivity index (χ1) is 9.96. The van der Waals surface area contributed by atoms with E-state index < -0.39 is 5.97 Å². The molecule has 0 bridgehead atoms. The summed E-state index contributed by atoms with van der Waals surface area (Å²) in [6.45, 7) is 4.23. The van der Waals surface area contributed by atoms with Crippen molar-refractivity contribution in [2.75, 3.05) is 5.32 Å². The number of benzene rings is 1. The van der Waals surface area contributed by atoms with Crippen LogP contribution in [-0.4, -0.2) is 21.6 Å². The Morgan fingerprint density at radius 1 is 1.19 bits per heavy atom. The van der Waals surface area contributed by atoms with Crippen LogP contribution in [0.5, 0.6) is 0 Å². The van der Waals surface area contributed by atoms with E-state index in [2.05, 4.69) is 36.3 Å². The molecule has 0 saturated carbocycles. The summed E-state index contributed by atoms with van der Waals surface area (Å²) < 4.78 is 0. The quantitative estimate of drug-likeness (QED) is 0.850. The molecule has 21 heavy (non-hydrogen) atoms. The maximum atomic E-state index is 10.8. The predicted molar refractivity (Wildman–Crippen MR) is 83.7 cm³/mol. The zero-order chi connectivity index (χ0) is 15.3. The van der Waals surface area contributed by atoms with Crippen LogP contribution in [0.4, 0.5) is 5.82 Å². The summed E-state index contributed by atoms with van der Waals surface area (Å²) in [7, 11) is 0. The molecule has 2 aromatic rings. The number of carboxylic acids is 1. The van der Waals surface area contributed by atoms with Gasteiger partial charge in [0.25, 0.3) is 0 Å². The lowest BCUT2D eigenvalue weighted by atomic mass is 9.95. The van der Waals surface area contributed by atoms with Crippen LogP contribution in [0.2, 0.25) is 0 Å². The molecule has 2 N–H and O–H groups in total. The summed E-state index contributed by atoms with van der Waals surface area (Å²) in [4.78, 5) is 14.9. The van der Waals surface area contributed by atoms with E-state index in [1.54, 1.807) is 12.1 Å². The molecule has 0 fully saturated rings. The van der Waals surface area contributed by atoms with Crippen LogP contribution in [0.1, 0.15) is 36.2 Å². The highest BCUT2D eigenvalue weighted by atomic mass is 16.4. The normalized spacial score (nSPS) is 11.1. The van der Waals surface area contributed by atoms with Gasteiger partial charge >= 0.3 is 5.97 Å². The molecule has 4 nitrogen and oxygen atoms in total. The van der Waals surface area contributed by atoms with Crippen LogP contribution in [-0.2, 0) is 6.42 Å². The van der Waals surface area contributed by atoms with E-state index in [0.717, 1.165) is 12.8 Å². The summed E-state index contributed by atoms with van der Waals surface area (Å²) >= 11 is 0. The largest absolute Gasteiger partial charge is 0.478 e. The van der Waals surface area contributed by atoms with Crippen molar-refractivity contribution >= 4 is 11.8 Å². The van der Waals surface area contributed by atoms with Crippen molar-refractivity contribution in [3.05, 3.63) is 59.8 Å². The molecule has 0 saturated heterocycles. The fourth-order valence-electron chi connectivity index (χ4n) is 2.11. The fourth-order valence-corrected chi connectivity index (χ4v) is 2.11. The molecule has 0 amide bonds. The maximum absolute atomic E-state index is 10.8. The molecule has 1 aromatic heterocycles. The van der Waals surface area contributed by atoms with Crippen molar-refractivity contribution in [1.82, 2.24) is 4.98 Å². The summed E-state index contributed by atoms with van der Waals surface area (Å²) in [5, 5.41) is 12.2. The Labute approximate surface area is 124 Å². The van der Waals surface area contributed by atoms with Crippen molar-refractivity contribution in [3.8, 4) is 0 Å². The van der Waals surface area contributed by atoms with Gasteiger partial charge in [0.2, 0.25) is 0 Å². The number of hydrogen-bond acceptors (Lipinski definition) is 3. The van der Waals surface area contributed by atoms with Gasteiger partial charge < -0.3 is 10.4 Å². The van der Waals surface area contributed by atoms with Crippen molar-refractivity contribution in [2.45, 2.75) is 32.2 Å². The van der Waals surface area contributed by atoms with Gasteiger partial charge in [-0.15, -0.1) is 0 Å². The van der Waals surface area contributed by atoms with E-state index in [-0.39, 0.29) is 11.1 Å². The molecular weight excluding hydrogens is 264 g/mol. The first kappa shape index (κ1) is 15.0. The minimum absolute atomic E-state index is 0.117. The number of aryl methyl sites for hydroxylation is 1. The zero-order valence-corrected chi connectivity index (χ0v) is 12.3. The summed E-state index contributed by atoms with van der Waals surface area (Å²) in [5.74, 6) is -0.268. The second kappa shape index (κ2) is 6.39. The molecular formula is C17H20N2O2. The topological polar surface area (TPSA) is 62.2 Å². The van der Waals surface area contributed by atoms with Crippen molar-refractivity contribution in [1.29, 1.82) is 0 Å². The predicted octanol–water partition coefficient (Wildman–Crippen LogP) is 3.60. The summed E-state index contributed by atoms with van der Waals surface area (Å²) in [6, 6.07) is 13.6. The van der Waals surface area contributed by atoms with Crippen LogP contribution in [0.15, 0.2) is 48.7 Å². The third kappa shape index (κ3) is 4.60. The number of nitrogens with one attached hydrogen (secondary N) is 1. The van der Waals surface area contributed by atoms with Gasteiger partial charge in [-0.05, 0) is 44.4 Å². The molecule has 110 valence electrons. The van der Waals surface area contributed by atoms with Crippen LogP contribution < -0.4 is 5.32 Å². The molecule has 4 heteroatoms. The lowest BCUT2D eigenvalue weighted by molar-refractivity contribution is 0.0696. The lowest BCUT2D eigenvalue weighted by Gasteiger charge is -2.27. The SMILES string of the molecule is CC(C)(CCc1ccccc1)Nc1ccc(C(=O)O)cn1. The van der Waals surface area contributed by atoms with E-state index in [9.17, 15) is 4.79 Å². The van der Waals surface area contributed by atoms with Crippen LogP contribution in [0.25, 0.3) is 0 Å². The van der Waals surface area contributed by atoms with E-state index in [1.807, 2.05) is 18.2 Å². The third-order valence-electron chi connectivity index (χ3n) is 3.36. The van der Waals surface area contributed by atoms with E-state index in [4.69, 9.17) is 5.11 Å². The lowest BCUT2D eigenvalue weighted by Crippen LogP contribution is -2.31. The number of aromatic nitrogens is 1. The average molecular weight is 284 g/mol. The number of aromatic carboxylic acids is 1. The van der Waals surface area contributed by atoms with Crippen molar-refractivity contribution < 1.29 is 9.90 Å². The third-order valence-corrected chi connectivity index (χ3v) is 3.36. The number of nitrogens with zero attached hydrogens (tertiary/aromatic N) is 1. The Morgan fingerprint density at radius 2 is 1.90 bits per heavy atom. The van der Waals surface area contributed by atoms with Gasteiger partial charge in [0.1, 0.15) is 5.82 Å². The standard InChI is InChI=1S/C17H20N2O2/c1-17(2,11-10-13-6-4-3-5-7-13)19-15-9-8-14(12-18-15)16(20)21/h3-9,12H,10-11H2,1-2H3,(H,18,19)(H,20,21). The fraction of sp³-hybridized carbons (Fsp3) is 0.294.